The van der Waals surface area contributed by atoms with Gasteiger partial charge in [-0.15, -0.1) is 5.10 Å². The third-order valence-electron chi connectivity index (χ3n) is 1.10. The minimum absolute atomic E-state index is 0.522. The number of hydrogen-bond acceptors (Lipinski definition) is 3. The van der Waals surface area contributed by atoms with Gasteiger partial charge in [0.25, 0.3) is 0 Å². The number of hydrogen-bond donors (Lipinski definition) is 1. The number of nitrogens with one attached hydrogen (secondary N) is 1. The first-order valence-electron chi connectivity index (χ1n) is 3.35. The maximum atomic E-state index is 5.15. The number of ether oxygens (including phenoxy) is 1. The van der Waals surface area contributed by atoms with E-state index in [0.29, 0.717) is 12.5 Å². The Morgan fingerprint density at radius 2 is 2.60 bits per heavy atom. The van der Waals surface area contributed by atoms with Crippen LogP contribution in [0.4, 0.5) is 0 Å². The topological polar surface area (TPSA) is 50.8 Å². The molecule has 0 aliphatic heterocycles. The van der Waals surface area contributed by atoms with Crippen LogP contribution in [0.25, 0.3) is 0 Å². The standard InChI is InChI=1S/C6H10N3O/c1-2-3-4-10-6-5-7-9-8-6/h2-4H2,1H3,(H,7,8,9). The average molecular weight is 140 g/mol. The summed E-state index contributed by atoms with van der Waals surface area (Å²) in [6.45, 7) is 2.81. The molecular weight excluding hydrogens is 130 g/mol. The van der Waals surface area contributed by atoms with Crippen molar-refractivity contribution in [3.05, 3.63) is 6.20 Å². The smallest absolute Gasteiger partial charge is 0.240 e. The molecule has 10 heavy (non-hydrogen) atoms. The fourth-order valence-electron chi connectivity index (χ4n) is 0.549. The summed E-state index contributed by atoms with van der Waals surface area (Å²) in [4.78, 5) is 0. The molecule has 55 valence electrons. The lowest BCUT2D eigenvalue weighted by Gasteiger charge is -1.97. The van der Waals surface area contributed by atoms with Crippen molar-refractivity contribution in [3.8, 4) is 5.88 Å². The zero-order valence-corrected chi connectivity index (χ0v) is 5.92. The second kappa shape index (κ2) is 3.87. The van der Waals surface area contributed by atoms with Crippen molar-refractivity contribution in [2.24, 2.45) is 0 Å². The minimum Gasteiger partial charge on any atom is -0.476 e. The highest BCUT2D eigenvalue weighted by molar-refractivity contribution is 4.94. The van der Waals surface area contributed by atoms with Gasteiger partial charge in [-0.25, -0.2) is 5.10 Å². The SMILES string of the molecule is CCCCOc1[c]nn[nH]1. The highest BCUT2D eigenvalue weighted by Crippen LogP contribution is 1.99. The number of aromatic amines is 1. The van der Waals surface area contributed by atoms with E-state index in [1.807, 2.05) is 0 Å². The van der Waals surface area contributed by atoms with Crippen LogP contribution in [-0.4, -0.2) is 22.0 Å². The first-order valence-corrected chi connectivity index (χ1v) is 3.35. The van der Waals surface area contributed by atoms with E-state index in [1.165, 1.54) is 0 Å². The molecule has 4 nitrogen and oxygen atoms in total. The van der Waals surface area contributed by atoms with Crippen LogP contribution >= 0.6 is 0 Å². The van der Waals surface area contributed by atoms with E-state index in [9.17, 15) is 0 Å². The lowest BCUT2D eigenvalue weighted by atomic mass is 10.4. The van der Waals surface area contributed by atoms with Gasteiger partial charge < -0.3 is 4.74 Å². The van der Waals surface area contributed by atoms with E-state index < -0.39 is 0 Å². The zero-order chi connectivity index (χ0) is 7.23. The summed E-state index contributed by atoms with van der Waals surface area (Å²) in [7, 11) is 0. The monoisotopic (exact) mass is 140 g/mol. The second-order valence-corrected chi connectivity index (χ2v) is 1.95. The third-order valence-corrected chi connectivity index (χ3v) is 1.10. The highest BCUT2D eigenvalue weighted by atomic mass is 16.5. The van der Waals surface area contributed by atoms with E-state index in [2.05, 4.69) is 28.5 Å². The van der Waals surface area contributed by atoms with Crippen molar-refractivity contribution >= 4 is 0 Å². The number of nitrogens with zero attached hydrogens (tertiary/aromatic N) is 2. The van der Waals surface area contributed by atoms with Gasteiger partial charge in [0.1, 0.15) is 0 Å². The van der Waals surface area contributed by atoms with Crippen LogP contribution < -0.4 is 4.74 Å². The largest absolute Gasteiger partial charge is 0.476 e. The number of unbranched alkanes of at least 4 members (excludes halogenated alkanes) is 1. The quantitative estimate of drug-likeness (QED) is 0.629. The molecule has 1 aromatic heterocycles. The van der Waals surface area contributed by atoms with Gasteiger partial charge >= 0.3 is 0 Å². The first kappa shape index (κ1) is 7.05. The van der Waals surface area contributed by atoms with Gasteiger partial charge in [0.2, 0.25) is 5.88 Å². The fourth-order valence-corrected chi connectivity index (χ4v) is 0.549. The lowest BCUT2D eigenvalue weighted by molar-refractivity contribution is 0.296. The molecule has 0 unspecified atom stereocenters. The zero-order valence-electron chi connectivity index (χ0n) is 5.92. The molecule has 1 aromatic rings. The molecule has 0 saturated carbocycles. The van der Waals surface area contributed by atoms with Crippen LogP contribution in [0.2, 0.25) is 0 Å². The fraction of sp³-hybridized carbons (Fsp3) is 0.667. The summed E-state index contributed by atoms with van der Waals surface area (Å²) >= 11 is 0. The Kier molecular flexibility index (Phi) is 2.73. The summed E-state index contributed by atoms with van der Waals surface area (Å²) in [6.07, 6.45) is 4.73. The van der Waals surface area contributed by atoms with Crippen molar-refractivity contribution < 1.29 is 4.74 Å². The molecule has 0 aromatic carbocycles. The first-order chi connectivity index (χ1) is 4.93. The molecule has 0 spiro atoms. The van der Waals surface area contributed by atoms with Crippen LogP contribution in [0, 0.1) is 6.20 Å². The molecule has 0 amide bonds. The predicted molar refractivity (Wildman–Crippen MR) is 35.6 cm³/mol. The minimum atomic E-state index is 0.522. The molecule has 0 saturated heterocycles. The van der Waals surface area contributed by atoms with Crippen LogP contribution in [0.15, 0.2) is 0 Å². The summed E-state index contributed by atoms with van der Waals surface area (Å²) in [5, 5.41) is 9.45. The van der Waals surface area contributed by atoms with Gasteiger partial charge in [0, 0.05) is 0 Å². The molecule has 0 bridgehead atoms. The van der Waals surface area contributed by atoms with Crippen LogP contribution in [-0.2, 0) is 0 Å². The van der Waals surface area contributed by atoms with Gasteiger partial charge in [-0.1, -0.05) is 18.6 Å². The Morgan fingerprint density at radius 1 is 1.70 bits per heavy atom. The summed E-state index contributed by atoms with van der Waals surface area (Å²) < 4.78 is 5.15. The molecule has 1 heterocycles. The van der Waals surface area contributed by atoms with Gasteiger partial charge in [-0.3, -0.25) is 0 Å². The Balaban J connectivity index is 2.15. The molecular formula is C6H10N3O. The molecule has 4 heteroatoms. The van der Waals surface area contributed by atoms with Crippen LogP contribution in [0.1, 0.15) is 19.8 Å². The maximum absolute atomic E-state index is 5.15. The number of H-pyrrole nitrogens is 1. The van der Waals surface area contributed by atoms with Crippen molar-refractivity contribution in [1.29, 1.82) is 0 Å². The molecule has 0 atom stereocenters. The number of rotatable bonds is 4. The molecule has 1 rings (SSSR count). The Bertz CT molecular complexity index is 162. The highest BCUT2D eigenvalue weighted by Gasteiger charge is 1.92. The van der Waals surface area contributed by atoms with E-state index in [1.54, 1.807) is 0 Å². The predicted octanol–water partition coefficient (Wildman–Crippen LogP) is 0.784. The Labute approximate surface area is 59.6 Å². The van der Waals surface area contributed by atoms with E-state index >= 15 is 0 Å². The van der Waals surface area contributed by atoms with Gasteiger partial charge in [0.05, 0.1) is 6.61 Å². The molecule has 1 N–H and O–H groups in total. The Morgan fingerprint density at radius 3 is 3.20 bits per heavy atom. The van der Waals surface area contributed by atoms with Crippen LogP contribution in [0.3, 0.4) is 0 Å². The maximum Gasteiger partial charge on any atom is 0.240 e. The summed E-state index contributed by atoms with van der Waals surface area (Å²) in [5.74, 6) is 0.522. The lowest BCUT2D eigenvalue weighted by Crippen LogP contribution is -1.96. The molecule has 0 aliphatic rings. The average Bonchev–Trinajstić information content (AvgIpc) is 2.41. The van der Waals surface area contributed by atoms with E-state index in [4.69, 9.17) is 4.74 Å². The van der Waals surface area contributed by atoms with Gasteiger partial charge in [-0.05, 0) is 6.42 Å². The second-order valence-electron chi connectivity index (χ2n) is 1.95. The van der Waals surface area contributed by atoms with E-state index in [0.717, 1.165) is 12.8 Å². The molecule has 1 radical (unpaired) electrons. The molecule has 0 fully saturated rings. The Hall–Kier alpha value is -1.06. The molecule has 0 aliphatic carbocycles. The van der Waals surface area contributed by atoms with Crippen molar-refractivity contribution in [1.82, 2.24) is 15.4 Å². The summed E-state index contributed by atoms with van der Waals surface area (Å²) in [6, 6.07) is 0. The van der Waals surface area contributed by atoms with Crippen molar-refractivity contribution in [2.75, 3.05) is 6.61 Å². The third kappa shape index (κ3) is 2.05. The van der Waals surface area contributed by atoms with Crippen molar-refractivity contribution in [2.45, 2.75) is 19.8 Å². The van der Waals surface area contributed by atoms with Crippen molar-refractivity contribution in [3.63, 3.8) is 0 Å². The normalized spacial score (nSPS) is 9.70. The summed E-state index contributed by atoms with van der Waals surface area (Å²) in [5.41, 5.74) is 0. The van der Waals surface area contributed by atoms with E-state index in [-0.39, 0.29) is 0 Å². The van der Waals surface area contributed by atoms with Crippen LogP contribution in [0.5, 0.6) is 5.88 Å². The van der Waals surface area contributed by atoms with Gasteiger partial charge in [0.15, 0.2) is 6.20 Å². The van der Waals surface area contributed by atoms with Gasteiger partial charge in [-0.2, -0.15) is 0 Å². The number of aromatic nitrogens is 3.